The molecule has 0 aliphatic heterocycles. The van der Waals surface area contributed by atoms with E-state index in [0.717, 1.165) is 21.6 Å². The molecule has 0 saturated heterocycles. The largest absolute Gasteiger partial charge is 0.365 e. The maximum atomic E-state index is 13.3. The first kappa shape index (κ1) is 13.8. The lowest BCUT2D eigenvalue weighted by atomic mass is 9.89. The predicted molar refractivity (Wildman–Crippen MR) is 79.9 cm³/mol. The van der Waals surface area contributed by atoms with Gasteiger partial charge >= 0.3 is 0 Å². The zero-order valence-electron chi connectivity index (χ0n) is 11.3. The Kier molecular flexibility index (Phi) is 3.25. The maximum absolute atomic E-state index is 13.3. The second-order valence-electron chi connectivity index (χ2n) is 4.96. The molecule has 0 unspecified atom stereocenters. The Morgan fingerprint density at radius 3 is 2.76 bits per heavy atom. The van der Waals surface area contributed by atoms with Crippen molar-refractivity contribution in [1.82, 2.24) is 0 Å². The van der Waals surface area contributed by atoms with Crippen molar-refractivity contribution in [2.45, 2.75) is 19.8 Å². The van der Waals surface area contributed by atoms with Crippen molar-refractivity contribution in [1.29, 1.82) is 0 Å². The summed E-state index contributed by atoms with van der Waals surface area (Å²) in [5, 5.41) is 3.13. The van der Waals surface area contributed by atoms with Crippen molar-refractivity contribution in [2.24, 2.45) is 5.73 Å². The highest BCUT2D eigenvalue weighted by atomic mass is 32.1. The number of hydrogen-bond donors (Lipinski definition) is 2. The Hall–Kier alpha value is -2.21. The van der Waals surface area contributed by atoms with Gasteiger partial charge in [0.1, 0.15) is 10.8 Å². The summed E-state index contributed by atoms with van der Waals surface area (Å²) in [7, 11) is 0. The minimum Gasteiger partial charge on any atom is -0.365 e. The van der Waals surface area contributed by atoms with Crippen molar-refractivity contribution < 1.29 is 14.0 Å². The van der Waals surface area contributed by atoms with Crippen LogP contribution in [-0.4, -0.2) is 11.8 Å². The summed E-state index contributed by atoms with van der Waals surface area (Å²) in [6.07, 6.45) is 1.26. The molecule has 6 heteroatoms. The average Bonchev–Trinajstić information content (AvgIpc) is 2.75. The number of benzene rings is 1. The second kappa shape index (κ2) is 4.96. The molecule has 1 aromatic heterocycles. The van der Waals surface area contributed by atoms with Gasteiger partial charge in [0, 0.05) is 11.8 Å². The van der Waals surface area contributed by atoms with Crippen molar-refractivity contribution >= 4 is 28.2 Å². The minimum atomic E-state index is -0.554. The molecule has 3 N–H and O–H groups in total. The lowest BCUT2D eigenvalue weighted by Gasteiger charge is -2.16. The predicted octanol–water partition coefficient (Wildman–Crippen LogP) is 2.71. The van der Waals surface area contributed by atoms with Crippen LogP contribution in [0.4, 0.5) is 9.39 Å². The first-order valence-electron chi connectivity index (χ1n) is 6.49. The molecule has 0 saturated carbocycles. The van der Waals surface area contributed by atoms with Gasteiger partial charge in [0.05, 0.1) is 5.56 Å². The molecular formula is C15H13FN2O2S. The van der Waals surface area contributed by atoms with Crippen LogP contribution >= 0.6 is 11.3 Å². The molecule has 108 valence electrons. The quantitative estimate of drug-likeness (QED) is 0.895. The molecule has 1 heterocycles. The van der Waals surface area contributed by atoms with Crippen LogP contribution in [0.3, 0.4) is 0 Å². The summed E-state index contributed by atoms with van der Waals surface area (Å²) >= 11 is 1.31. The van der Waals surface area contributed by atoms with Crippen LogP contribution < -0.4 is 11.1 Å². The molecule has 3 rings (SSSR count). The van der Waals surface area contributed by atoms with Gasteiger partial charge in [-0.25, -0.2) is 4.39 Å². The fourth-order valence-electron chi connectivity index (χ4n) is 2.68. The molecule has 2 aromatic rings. The van der Waals surface area contributed by atoms with Crippen LogP contribution in [0, 0.1) is 5.82 Å². The van der Waals surface area contributed by atoms with E-state index in [1.54, 1.807) is 6.07 Å². The SMILES string of the molecule is CC(=O)Nc1sc2c(c1C(N)=O)CCc1cc(F)ccc1-2. The number of amides is 2. The van der Waals surface area contributed by atoms with Gasteiger partial charge in [0.25, 0.3) is 5.91 Å². The number of aryl methyl sites for hydroxylation is 1. The lowest BCUT2D eigenvalue weighted by molar-refractivity contribution is -0.114. The van der Waals surface area contributed by atoms with Crippen molar-refractivity contribution in [3.63, 3.8) is 0 Å². The lowest BCUT2D eigenvalue weighted by Crippen LogP contribution is -2.17. The topological polar surface area (TPSA) is 72.2 Å². The van der Waals surface area contributed by atoms with Crippen LogP contribution in [0.1, 0.15) is 28.4 Å². The van der Waals surface area contributed by atoms with E-state index in [4.69, 9.17) is 5.73 Å². The number of carbonyl (C=O) groups excluding carboxylic acids is 2. The van der Waals surface area contributed by atoms with E-state index in [1.807, 2.05) is 0 Å². The van der Waals surface area contributed by atoms with Gasteiger partial charge in [-0.3, -0.25) is 9.59 Å². The monoisotopic (exact) mass is 304 g/mol. The number of nitrogens with one attached hydrogen (secondary N) is 1. The molecule has 1 aliphatic rings. The van der Waals surface area contributed by atoms with Gasteiger partial charge in [-0.2, -0.15) is 0 Å². The van der Waals surface area contributed by atoms with Crippen LogP contribution in [-0.2, 0) is 17.6 Å². The van der Waals surface area contributed by atoms with E-state index >= 15 is 0 Å². The van der Waals surface area contributed by atoms with E-state index in [1.165, 1.54) is 30.4 Å². The number of rotatable bonds is 2. The fourth-order valence-corrected chi connectivity index (χ4v) is 4.04. The Labute approximate surface area is 124 Å². The summed E-state index contributed by atoms with van der Waals surface area (Å²) in [5.74, 6) is -1.08. The zero-order valence-corrected chi connectivity index (χ0v) is 12.1. The Bertz CT molecular complexity index is 767. The molecule has 21 heavy (non-hydrogen) atoms. The van der Waals surface area contributed by atoms with E-state index in [9.17, 15) is 14.0 Å². The Balaban J connectivity index is 2.21. The maximum Gasteiger partial charge on any atom is 0.252 e. The molecule has 4 nitrogen and oxygen atoms in total. The molecule has 1 aliphatic carbocycles. The number of anilines is 1. The third kappa shape index (κ3) is 2.31. The molecule has 2 amide bonds. The Morgan fingerprint density at radius 2 is 2.10 bits per heavy atom. The van der Waals surface area contributed by atoms with Crippen LogP contribution in [0.25, 0.3) is 10.4 Å². The highest BCUT2D eigenvalue weighted by Gasteiger charge is 2.27. The smallest absolute Gasteiger partial charge is 0.252 e. The second-order valence-corrected chi connectivity index (χ2v) is 5.98. The highest BCUT2D eigenvalue weighted by Crippen LogP contribution is 2.45. The third-order valence-corrected chi connectivity index (χ3v) is 4.68. The van der Waals surface area contributed by atoms with Crippen molar-refractivity contribution in [3.05, 3.63) is 40.7 Å². The van der Waals surface area contributed by atoms with Gasteiger partial charge in [-0.1, -0.05) is 6.07 Å². The van der Waals surface area contributed by atoms with Crippen LogP contribution in [0.15, 0.2) is 18.2 Å². The number of nitrogens with two attached hydrogens (primary N) is 1. The summed E-state index contributed by atoms with van der Waals surface area (Å²) in [5.41, 5.74) is 8.49. The number of hydrogen-bond acceptors (Lipinski definition) is 3. The van der Waals surface area contributed by atoms with E-state index in [-0.39, 0.29) is 11.7 Å². The van der Waals surface area contributed by atoms with E-state index < -0.39 is 5.91 Å². The average molecular weight is 304 g/mol. The summed E-state index contributed by atoms with van der Waals surface area (Å²) in [6, 6.07) is 4.62. The molecule has 0 bridgehead atoms. The number of carbonyl (C=O) groups is 2. The molecule has 0 spiro atoms. The summed E-state index contributed by atoms with van der Waals surface area (Å²) in [4.78, 5) is 23.9. The summed E-state index contributed by atoms with van der Waals surface area (Å²) in [6.45, 7) is 1.38. The fraction of sp³-hybridized carbons (Fsp3) is 0.200. The van der Waals surface area contributed by atoms with Crippen LogP contribution in [0.5, 0.6) is 0 Å². The molecular weight excluding hydrogens is 291 g/mol. The minimum absolute atomic E-state index is 0.254. The first-order chi connectivity index (χ1) is 9.97. The van der Waals surface area contributed by atoms with Gasteiger partial charge in [0.15, 0.2) is 0 Å². The zero-order chi connectivity index (χ0) is 15.1. The standard InChI is InChI=1S/C15H13FN2O2S/c1-7(19)18-15-12(14(17)20)11-4-2-8-6-9(16)3-5-10(8)13(11)21-15/h3,5-6H,2,4H2,1H3,(H2,17,20)(H,18,19). The molecule has 0 atom stereocenters. The number of fused-ring (bicyclic) bond motifs is 3. The normalized spacial score (nSPS) is 12.5. The van der Waals surface area contributed by atoms with Crippen molar-refractivity contribution in [2.75, 3.05) is 5.32 Å². The molecule has 0 fully saturated rings. The number of halogens is 1. The first-order valence-corrected chi connectivity index (χ1v) is 7.31. The van der Waals surface area contributed by atoms with Gasteiger partial charge < -0.3 is 11.1 Å². The van der Waals surface area contributed by atoms with Gasteiger partial charge in [0.2, 0.25) is 5.91 Å². The van der Waals surface area contributed by atoms with Crippen LogP contribution in [0.2, 0.25) is 0 Å². The van der Waals surface area contributed by atoms with E-state index in [2.05, 4.69) is 5.32 Å². The third-order valence-electron chi connectivity index (χ3n) is 3.50. The van der Waals surface area contributed by atoms with Crippen molar-refractivity contribution in [3.8, 4) is 10.4 Å². The number of primary amides is 1. The number of thiophene rings is 1. The van der Waals surface area contributed by atoms with Gasteiger partial charge in [-0.15, -0.1) is 11.3 Å². The van der Waals surface area contributed by atoms with E-state index in [0.29, 0.717) is 23.4 Å². The highest BCUT2D eigenvalue weighted by molar-refractivity contribution is 7.20. The Morgan fingerprint density at radius 1 is 1.33 bits per heavy atom. The van der Waals surface area contributed by atoms with Gasteiger partial charge in [-0.05, 0) is 41.7 Å². The molecule has 0 radical (unpaired) electrons. The summed E-state index contributed by atoms with van der Waals surface area (Å²) < 4.78 is 13.3. The molecule has 1 aromatic carbocycles.